The van der Waals surface area contributed by atoms with E-state index >= 15 is 0 Å². The molecule has 0 radical (unpaired) electrons. The third kappa shape index (κ3) is 9.11. The van der Waals surface area contributed by atoms with Crippen LogP contribution in [0, 0.1) is 0 Å². The lowest BCUT2D eigenvalue weighted by atomic mass is 9.89. The number of aliphatic hydroxyl groups excluding tert-OH is 1. The number of pyridine rings is 1. The number of aliphatic carboxylic acids is 2. The first-order valence-electron chi connectivity index (χ1n) is 13.9. The van der Waals surface area contributed by atoms with Crippen LogP contribution in [0.5, 0.6) is 0 Å². The SMILES string of the molecule is CS(=O)(=O)N1CCC(c2ccc(-c3cc4nccnc4c(NCC4CNCCO4)n3)cc2)CC1.O=C(O)CC(O)C(=O)O. The number of hydrogen-bond donors (Lipinski definition) is 5. The zero-order valence-corrected chi connectivity index (χ0v) is 24.5. The zero-order chi connectivity index (χ0) is 31.0. The van der Waals surface area contributed by atoms with Gasteiger partial charge < -0.3 is 30.7 Å². The van der Waals surface area contributed by atoms with E-state index in [4.69, 9.17) is 25.0 Å². The number of rotatable bonds is 9. The number of fused-ring (bicyclic) bond motifs is 1. The number of benzene rings is 1. The maximum Gasteiger partial charge on any atom is 0.333 e. The molecule has 0 aliphatic carbocycles. The van der Waals surface area contributed by atoms with Crippen molar-refractivity contribution in [2.24, 2.45) is 0 Å². The standard InChI is InChI=1S/C24H30N6O3S.C4H6O5/c1-34(31,32)30-11-6-18(7-12-30)17-2-4-19(5-3-17)21-14-22-23(27-9-8-26-22)24(29-21)28-16-20-15-25-10-13-33-20;5-2(4(8)9)1-3(6)7/h2-5,8-9,14,18,20,25H,6-7,10-13,15-16H2,1H3,(H,28,29);2,5H,1H2,(H,6,7)(H,8,9). The number of hydrogen-bond acceptors (Lipinski definition) is 11. The second-order valence-corrected chi connectivity index (χ2v) is 12.4. The summed E-state index contributed by atoms with van der Waals surface area (Å²) < 4.78 is 30.9. The van der Waals surface area contributed by atoms with Gasteiger partial charge in [0.2, 0.25) is 10.0 Å². The smallest absolute Gasteiger partial charge is 0.333 e. The molecule has 2 aliphatic rings. The number of sulfonamides is 1. The highest BCUT2D eigenvalue weighted by Gasteiger charge is 2.26. The summed E-state index contributed by atoms with van der Waals surface area (Å²) in [5.74, 6) is -1.78. The van der Waals surface area contributed by atoms with Crippen molar-refractivity contribution in [1.29, 1.82) is 0 Å². The summed E-state index contributed by atoms with van der Waals surface area (Å²) in [6.45, 7) is 4.18. The Morgan fingerprint density at radius 2 is 1.84 bits per heavy atom. The molecule has 0 saturated carbocycles. The van der Waals surface area contributed by atoms with Crippen molar-refractivity contribution in [2.75, 3.05) is 50.9 Å². The number of piperidine rings is 1. The van der Waals surface area contributed by atoms with E-state index < -0.39 is 34.5 Å². The number of nitrogens with zero attached hydrogens (tertiary/aromatic N) is 4. The lowest BCUT2D eigenvalue weighted by Crippen LogP contribution is -2.42. The van der Waals surface area contributed by atoms with Crippen molar-refractivity contribution in [3.05, 3.63) is 48.3 Å². The molecule has 3 aromatic rings. The van der Waals surface area contributed by atoms with E-state index in [0.29, 0.717) is 38.0 Å². The van der Waals surface area contributed by atoms with Gasteiger partial charge in [0.15, 0.2) is 11.9 Å². The van der Waals surface area contributed by atoms with Crippen molar-refractivity contribution < 1.29 is 38.1 Å². The van der Waals surface area contributed by atoms with Crippen LogP contribution in [0.1, 0.15) is 30.7 Å². The van der Waals surface area contributed by atoms with Crippen LogP contribution in [0.4, 0.5) is 5.82 Å². The summed E-state index contributed by atoms with van der Waals surface area (Å²) in [4.78, 5) is 33.3. The summed E-state index contributed by atoms with van der Waals surface area (Å²) >= 11 is 0. The first-order chi connectivity index (χ1) is 20.5. The molecular formula is C28H36N6O8S. The van der Waals surface area contributed by atoms with Gasteiger partial charge in [0.1, 0.15) is 5.52 Å². The molecule has 15 heteroatoms. The van der Waals surface area contributed by atoms with E-state index in [1.807, 2.05) is 6.07 Å². The van der Waals surface area contributed by atoms with Crippen LogP contribution in [0.15, 0.2) is 42.7 Å². The number of anilines is 1. The number of aliphatic hydroxyl groups is 1. The predicted molar refractivity (Wildman–Crippen MR) is 158 cm³/mol. The lowest BCUT2D eigenvalue weighted by molar-refractivity contribution is -0.152. The number of carboxylic acid groups (broad SMARTS) is 2. The number of aromatic nitrogens is 3. The monoisotopic (exact) mass is 616 g/mol. The Labute approximate surface area is 249 Å². The van der Waals surface area contributed by atoms with Gasteiger partial charge in [-0.05, 0) is 30.4 Å². The number of morpholine rings is 1. The van der Waals surface area contributed by atoms with Crippen molar-refractivity contribution in [2.45, 2.75) is 37.4 Å². The summed E-state index contributed by atoms with van der Waals surface area (Å²) in [6, 6.07) is 10.4. The number of carbonyl (C=O) groups is 2. The van der Waals surface area contributed by atoms with Gasteiger partial charge in [0.05, 0.1) is 36.6 Å². The third-order valence-electron chi connectivity index (χ3n) is 7.21. The predicted octanol–water partition coefficient (Wildman–Crippen LogP) is 1.14. The van der Waals surface area contributed by atoms with Gasteiger partial charge in [-0.2, -0.15) is 0 Å². The Morgan fingerprint density at radius 1 is 1.14 bits per heavy atom. The average Bonchev–Trinajstić information content (AvgIpc) is 3.00. The molecule has 2 saturated heterocycles. The molecule has 0 amide bonds. The fourth-order valence-corrected chi connectivity index (χ4v) is 5.78. The Bertz CT molecular complexity index is 1510. The molecule has 1 aromatic carbocycles. The molecule has 0 bridgehead atoms. The highest BCUT2D eigenvalue weighted by Crippen LogP contribution is 2.31. The molecule has 2 aliphatic heterocycles. The van der Waals surface area contributed by atoms with Gasteiger partial charge >= 0.3 is 11.9 Å². The maximum absolute atomic E-state index is 11.8. The molecule has 0 spiro atoms. The summed E-state index contributed by atoms with van der Waals surface area (Å²) in [5, 5.41) is 30.9. The topological polar surface area (TPSA) is 204 Å². The molecule has 4 heterocycles. The molecule has 5 rings (SSSR count). The van der Waals surface area contributed by atoms with Crippen LogP contribution < -0.4 is 10.6 Å². The van der Waals surface area contributed by atoms with Gasteiger partial charge in [-0.15, -0.1) is 0 Å². The second kappa shape index (κ2) is 14.6. The van der Waals surface area contributed by atoms with Gasteiger partial charge in [0, 0.05) is 50.7 Å². The van der Waals surface area contributed by atoms with Crippen molar-refractivity contribution >= 4 is 38.8 Å². The van der Waals surface area contributed by atoms with E-state index in [1.165, 1.54) is 11.8 Å². The van der Waals surface area contributed by atoms with Crippen LogP contribution in [0.3, 0.4) is 0 Å². The quantitative estimate of drug-likeness (QED) is 0.229. The average molecular weight is 617 g/mol. The number of nitrogens with one attached hydrogen (secondary N) is 2. The first-order valence-corrected chi connectivity index (χ1v) is 15.7. The molecule has 14 nitrogen and oxygen atoms in total. The van der Waals surface area contributed by atoms with E-state index in [2.05, 4.69) is 44.9 Å². The summed E-state index contributed by atoms with van der Waals surface area (Å²) in [5.41, 5.74) is 4.59. The minimum absolute atomic E-state index is 0.0827. The van der Waals surface area contributed by atoms with E-state index in [1.54, 1.807) is 16.7 Å². The second-order valence-electron chi connectivity index (χ2n) is 10.4. The summed E-state index contributed by atoms with van der Waals surface area (Å²) in [6.07, 6.45) is 3.86. The minimum atomic E-state index is -3.11. The van der Waals surface area contributed by atoms with E-state index in [-0.39, 0.29) is 6.10 Å². The first kappa shape index (κ1) is 32.2. The molecule has 5 N–H and O–H groups in total. The van der Waals surface area contributed by atoms with Crippen LogP contribution in [-0.4, -0.2) is 113 Å². The largest absolute Gasteiger partial charge is 0.481 e. The minimum Gasteiger partial charge on any atom is -0.481 e. The molecule has 232 valence electrons. The van der Waals surface area contributed by atoms with Gasteiger partial charge in [-0.25, -0.2) is 27.5 Å². The Morgan fingerprint density at radius 3 is 2.42 bits per heavy atom. The van der Waals surface area contributed by atoms with E-state index in [9.17, 15) is 18.0 Å². The molecule has 2 fully saturated rings. The fourth-order valence-electron chi connectivity index (χ4n) is 4.90. The molecule has 2 unspecified atom stereocenters. The fraction of sp³-hybridized carbons (Fsp3) is 0.464. The van der Waals surface area contributed by atoms with Crippen LogP contribution in [0.25, 0.3) is 22.3 Å². The Kier molecular flexibility index (Phi) is 10.9. The third-order valence-corrected chi connectivity index (χ3v) is 8.52. The van der Waals surface area contributed by atoms with Gasteiger partial charge in [0.25, 0.3) is 0 Å². The van der Waals surface area contributed by atoms with Crippen molar-refractivity contribution in [1.82, 2.24) is 24.6 Å². The number of ether oxygens (including phenoxy) is 1. The zero-order valence-electron chi connectivity index (χ0n) is 23.7. The molecule has 2 aromatic heterocycles. The van der Waals surface area contributed by atoms with Crippen LogP contribution in [0.2, 0.25) is 0 Å². The highest BCUT2D eigenvalue weighted by molar-refractivity contribution is 7.88. The molecule has 2 atom stereocenters. The Balaban J connectivity index is 0.000000410. The van der Waals surface area contributed by atoms with Gasteiger partial charge in [-0.1, -0.05) is 24.3 Å². The van der Waals surface area contributed by atoms with E-state index in [0.717, 1.165) is 48.2 Å². The van der Waals surface area contributed by atoms with Crippen LogP contribution in [-0.2, 0) is 24.3 Å². The molecular weight excluding hydrogens is 580 g/mol. The maximum atomic E-state index is 11.8. The lowest BCUT2D eigenvalue weighted by Gasteiger charge is -2.30. The Hall–Kier alpha value is -3.76. The number of carboxylic acids is 2. The normalized spacial score (nSPS) is 18.8. The van der Waals surface area contributed by atoms with Crippen molar-refractivity contribution in [3.63, 3.8) is 0 Å². The van der Waals surface area contributed by atoms with Crippen LogP contribution >= 0.6 is 0 Å². The van der Waals surface area contributed by atoms with Gasteiger partial charge in [-0.3, -0.25) is 9.78 Å². The molecule has 43 heavy (non-hydrogen) atoms. The summed E-state index contributed by atoms with van der Waals surface area (Å²) in [7, 11) is -3.11. The van der Waals surface area contributed by atoms with Crippen molar-refractivity contribution in [3.8, 4) is 11.3 Å². The highest BCUT2D eigenvalue weighted by atomic mass is 32.2.